The topological polar surface area (TPSA) is 144 Å². The van der Waals surface area contributed by atoms with Crippen molar-refractivity contribution in [2.24, 2.45) is 0 Å². The molecule has 1 saturated heterocycles. The molecule has 4 aromatic rings. The fourth-order valence-electron chi connectivity index (χ4n) is 7.14. The largest absolute Gasteiger partial charge is 0.505 e. The van der Waals surface area contributed by atoms with Gasteiger partial charge in [-0.15, -0.1) is 5.10 Å². The molecule has 3 aliphatic rings. The Balaban J connectivity index is 1.25. The molecule has 7 rings (SSSR count). The van der Waals surface area contributed by atoms with Crippen molar-refractivity contribution in [1.29, 1.82) is 0 Å². The molecule has 2 aliphatic heterocycles. The maximum Gasteiger partial charge on any atom is 0.416 e. The highest BCUT2D eigenvalue weighted by molar-refractivity contribution is 6.33. The molecule has 1 fully saturated rings. The Labute approximate surface area is 282 Å². The summed E-state index contributed by atoms with van der Waals surface area (Å²) in [5.74, 6) is -0.692. The summed E-state index contributed by atoms with van der Waals surface area (Å²) in [6.45, 7) is 1.24. The Bertz CT molecular complexity index is 2080. The van der Waals surface area contributed by atoms with Crippen LogP contribution in [0.5, 0.6) is 5.75 Å². The highest BCUT2D eigenvalue weighted by Crippen LogP contribution is 2.45. The number of anilines is 1. The minimum absolute atomic E-state index is 0.00633. The van der Waals surface area contributed by atoms with Crippen molar-refractivity contribution in [3.8, 4) is 5.75 Å². The summed E-state index contributed by atoms with van der Waals surface area (Å²) < 4.78 is 47.9. The van der Waals surface area contributed by atoms with Gasteiger partial charge in [0.05, 0.1) is 29.5 Å². The predicted octanol–water partition coefficient (Wildman–Crippen LogP) is 4.62. The van der Waals surface area contributed by atoms with Crippen LogP contribution >= 0.6 is 11.6 Å². The molecule has 5 heterocycles. The number of halogens is 4. The predicted molar refractivity (Wildman–Crippen MR) is 171 cm³/mol. The number of nitrogens with zero attached hydrogens (tertiary/aromatic N) is 6. The highest BCUT2D eigenvalue weighted by atomic mass is 35.5. The third kappa shape index (κ3) is 6.05. The third-order valence-electron chi connectivity index (χ3n) is 9.57. The number of carbonyl (C=O) groups is 2. The molecule has 3 aromatic heterocycles. The number of amides is 2. The zero-order chi connectivity index (χ0) is 34.5. The van der Waals surface area contributed by atoms with Crippen molar-refractivity contribution in [1.82, 2.24) is 29.0 Å². The van der Waals surface area contributed by atoms with Crippen molar-refractivity contribution >= 4 is 40.5 Å². The van der Waals surface area contributed by atoms with Crippen molar-refractivity contribution in [3.05, 3.63) is 86.3 Å². The van der Waals surface area contributed by atoms with Crippen LogP contribution in [-0.2, 0) is 34.1 Å². The Hall–Kier alpha value is -4.76. The fourth-order valence-corrected chi connectivity index (χ4v) is 7.37. The van der Waals surface area contributed by atoms with Crippen LogP contribution in [0.25, 0.3) is 11.4 Å². The maximum absolute atomic E-state index is 14.3. The molecule has 1 aromatic carbocycles. The van der Waals surface area contributed by atoms with E-state index in [1.807, 2.05) is 6.08 Å². The summed E-state index contributed by atoms with van der Waals surface area (Å²) in [5.41, 5.74) is -0.0176. The van der Waals surface area contributed by atoms with E-state index >= 15 is 0 Å². The van der Waals surface area contributed by atoms with Crippen LogP contribution in [0.2, 0.25) is 5.02 Å². The monoisotopic (exact) mass is 697 g/mol. The summed E-state index contributed by atoms with van der Waals surface area (Å²) in [5, 5.41) is 17.2. The highest BCUT2D eigenvalue weighted by Gasteiger charge is 2.45. The summed E-state index contributed by atoms with van der Waals surface area (Å²) in [6, 6.07) is 5.63. The second-order valence-corrected chi connectivity index (χ2v) is 12.9. The Morgan fingerprint density at radius 1 is 1.12 bits per heavy atom. The zero-order valence-electron chi connectivity index (χ0n) is 26.1. The number of ether oxygens (including phenoxy) is 1. The Morgan fingerprint density at radius 3 is 2.69 bits per heavy atom. The van der Waals surface area contributed by atoms with E-state index in [4.69, 9.17) is 21.3 Å². The number of aromatic hydroxyl groups is 1. The van der Waals surface area contributed by atoms with Crippen LogP contribution in [0, 0.1) is 0 Å². The van der Waals surface area contributed by atoms with Gasteiger partial charge in [-0.25, -0.2) is 4.98 Å². The number of aromatic nitrogens is 5. The first-order valence-electron chi connectivity index (χ1n) is 15.9. The molecule has 256 valence electrons. The van der Waals surface area contributed by atoms with Gasteiger partial charge in [-0.1, -0.05) is 17.7 Å². The summed E-state index contributed by atoms with van der Waals surface area (Å²) in [7, 11) is 0. The van der Waals surface area contributed by atoms with Gasteiger partial charge in [-0.3, -0.25) is 14.4 Å². The molecule has 1 atom stereocenters. The van der Waals surface area contributed by atoms with E-state index in [2.05, 4.69) is 15.4 Å². The number of alkyl halides is 3. The molecule has 0 bridgehead atoms. The fraction of sp³-hybridized carbons (Fsp3) is 0.394. The number of hydrogen-bond donors (Lipinski definition) is 2. The van der Waals surface area contributed by atoms with Crippen LogP contribution in [0.15, 0.2) is 47.4 Å². The van der Waals surface area contributed by atoms with Crippen molar-refractivity contribution in [2.75, 3.05) is 31.6 Å². The lowest BCUT2D eigenvalue weighted by Gasteiger charge is -2.28. The minimum atomic E-state index is -4.60. The molecule has 49 heavy (non-hydrogen) atoms. The average Bonchev–Trinajstić information content (AvgIpc) is 3.62. The molecule has 2 N–H and O–H groups in total. The van der Waals surface area contributed by atoms with Gasteiger partial charge in [0.15, 0.2) is 11.5 Å². The van der Waals surface area contributed by atoms with Gasteiger partial charge >= 0.3 is 6.18 Å². The smallest absolute Gasteiger partial charge is 0.416 e. The van der Waals surface area contributed by atoms with Crippen molar-refractivity contribution in [3.63, 3.8) is 0 Å². The number of benzene rings is 1. The zero-order valence-corrected chi connectivity index (χ0v) is 26.9. The lowest BCUT2D eigenvalue weighted by molar-refractivity contribution is -0.137. The second-order valence-electron chi connectivity index (χ2n) is 12.5. The number of carbonyl (C=O) groups excluding carboxylic acids is 2. The molecule has 1 spiro atoms. The molecule has 2 amide bonds. The first-order chi connectivity index (χ1) is 23.4. The van der Waals surface area contributed by atoms with E-state index in [1.165, 1.54) is 22.8 Å². The van der Waals surface area contributed by atoms with Gasteiger partial charge in [0.2, 0.25) is 11.7 Å². The molecular weight excluding hydrogens is 667 g/mol. The van der Waals surface area contributed by atoms with Crippen molar-refractivity contribution in [2.45, 2.75) is 56.7 Å². The van der Waals surface area contributed by atoms with E-state index in [9.17, 15) is 32.7 Å². The Morgan fingerprint density at radius 2 is 1.96 bits per heavy atom. The number of rotatable bonds is 5. The summed E-state index contributed by atoms with van der Waals surface area (Å²) in [4.78, 5) is 51.6. The molecule has 0 unspecified atom stereocenters. The van der Waals surface area contributed by atoms with Crippen LogP contribution in [0.1, 0.15) is 65.2 Å². The summed E-state index contributed by atoms with van der Waals surface area (Å²) in [6.07, 6.45) is 1.89. The van der Waals surface area contributed by atoms with Gasteiger partial charge < -0.3 is 24.6 Å². The van der Waals surface area contributed by atoms with E-state index in [1.54, 1.807) is 9.47 Å². The number of pyridine rings is 1. The lowest BCUT2D eigenvalue weighted by Crippen LogP contribution is -2.37. The normalized spacial score (nSPS) is 19.5. The van der Waals surface area contributed by atoms with Gasteiger partial charge in [0.1, 0.15) is 12.3 Å². The van der Waals surface area contributed by atoms with Crippen molar-refractivity contribution < 1.29 is 32.6 Å². The second kappa shape index (κ2) is 12.6. The van der Waals surface area contributed by atoms with Crippen LogP contribution in [0.3, 0.4) is 0 Å². The van der Waals surface area contributed by atoms with E-state index in [0.29, 0.717) is 81.9 Å². The SMILES string of the molecule is O=C(Cn1c2c(c(=O)n3nc(C4=CCOCC4)nc13)[C@@]1(CCCN(C(=O)c3ncccc3O)CC1)CC2)Nc1ccc(C(F)(F)F)cc1Cl. The van der Waals surface area contributed by atoms with E-state index in [0.717, 1.165) is 23.8 Å². The van der Waals surface area contributed by atoms with E-state index < -0.39 is 29.0 Å². The quantitative estimate of drug-likeness (QED) is 0.308. The molecule has 12 nitrogen and oxygen atoms in total. The molecule has 0 saturated carbocycles. The van der Waals surface area contributed by atoms with Gasteiger partial charge in [-0.05, 0) is 74.4 Å². The number of fused-ring (bicyclic) bond motifs is 3. The minimum Gasteiger partial charge on any atom is -0.505 e. The van der Waals surface area contributed by atoms with Crippen LogP contribution < -0.4 is 10.9 Å². The average molecular weight is 698 g/mol. The van der Waals surface area contributed by atoms with Gasteiger partial charge in [0.25, 0.3) is 11.5 Å². The third-order valence-corrected chi connectivity index (χ3v) is 9.88. The summed E-state index contributed by atoms with van der Waals surface area (Å²) >= 11 is 6.12. The first kappa shape index (κ1) is 32.8. The lowest BCUT2D eigenvalue weighted by atomic mass is 9.76. The molecule has 16 heteroatoms. The van der Waals surface area contributed by atoms with E-state index in [-0.39, 0.29) is 40.0 Å². The number of nitrogens with one attached hydrogen (secondary N) is 1. The van der Waals surface area contributed by atoms with Gasteiger partial charge in [0, 0.05) is 36.0 Å². The maximum atomic E-state index is 14.3. The molecular formula is C33H31ClF3N7O5. The number of likely N-dealkylation sites (tertiary alicyclic amines) is 1. The van der Waals surface area contributed by atoms with Crippen LogP contribution in [0.4, 0.5) is 18.9 Å². The first-order valence-corrected chi connectivity index (χ1v) is 16.2. The van der Waals surface area contributed by atoms with Crippen LogP contribution in [-0.4, -0.2) is 72.3 Å². The Kier molecular flexibility index (Phi) is 8.43. The standard InChI is InChI=1S/C33H31ClF3N7O5/c34-21-17-20(33(35,36)37)4-5-22(21)39-25(46)18-43-23-6-10-32(9-2-13-42(14-11-32)30(48)27-24(45)3-1-12-38-27)26(23)29(47)44-31(43)40-28(41-44)19-7-15-49-16-8-19/h1,3-5,7,12,17,45H,2,6,8-11,13-16,18H2,(H,39,46)/t32-/m0/s1. The van der Waals surface area contributed by atoms with Gasteiger partial charge in [-0.2, -0.15) is 22.7 Å². The number of hydrogen-bond acceptors (Lipinski definition) is 8. The molecule has 1 aliphatic carbocycles. The molecule has 0 radical (unpaired) electrons.